The number of likely N-dealkylation sites (tertiary alicyclic amines) is 2. The number of hydrogen-bond acceptors (Lipinski definition) is 3. The van der Waals surface area contributed by atoms with E-state index in [4.69, 9.17) is 5.73 Å². The molecule has 2 fully saturated rings. The topological polar surface area (TPSA) is 49.6 Å². The summed E-state index contributed by atoms with van der Waals surface area (Å²) >= 11 is 0. The molecule has 2 saturated heterocycles. The molecular formula is C14H28ClN3O. The van der Waals surface area contributed by atoms with Gasteiger partial charge in [-0.05, 0) is 31.1 Å². The zero-order valence-corrected chi connectivity index (χ0v) is 13.0. The highest BCUT2D eigenvalue weighted by atomic mass is 35.5. The maximum Gasteiger partial charge on any atom is 0.236 e. The first-order valence-corrected chi connectivity index (χ1v) is 7.32. The second-order valence-corrected chi connectivity index (χ2v) is 6.25. The van der Waals surface area contributed by atoms with Crippen LogP contribution >= 0.6 is 12.4 Å². The molecule has 0 aliphatic carbocycles. The Morgan fingerprint density at radius 1 is 1.21 bits per heavy atom. The lowest BCUT2D eigenvalue weighted by molar-refractivity contribution is -0.134. The maximum absolute atomic E-state index is 12.3. The van der Waals surface area contributed by atoms with Crippen LogP contribution < -0.4 is 5.73 Å². The molecule has 0 aromatic rings. The number of amides is 1. The number of piperidine rings is 2. The molecule has 3 atom stereocenters. The largest absolute Gasteiger partial charge is 0.341 e. The van der Waals surface area contributed by atoms with Gasteiger partial charge in [0, 0.05) is 32.2 Å². The SMILES string of the molecule is CC1CCCN(C(=O)CN2CCC(N)C(C)C2)C1.Cl. The van der Waals surface area contributed by atoms with Gasteiger partial charge in [0.2, 0.25) is 5.91 Å². The van der Waals surface area contributed by atoms with Gasteiger partial charge < -0.3 is 10.6 Å². The van der Waals surface area contributed by atoms with Crippen molar-refractivity contribution in [3.05, 3.63) is 0 Å². The fourth-order valence-electron chi connectivity index (χ4n) is 3.10. The van der Waals surface area contributed by atoms with Gasteiger partial charge in [-0.25, -0.2) is 0 Å². The van der Waals surface area contributed by atoms with Crippen LogP contribution in [0.25, 0.3) is 0 Å². The smallest absolute Gasteiger partial charge is 0.236 e. The number of nitrogens with two attached hydrogens (primary N) is 1. The van der Waals surface area contributed by atoms with E-state index in [2.05, 4.69) is 18.7 Å². The van der Waals surface area contributed by atoms with Crippen LogP contribution in [0.5, 0.6) is 0 Å². The van der Waals surface area contributed by atoms with Gasteiger partial charge in [-0.3, -0.25) is 9.69 Å². The van der Waals surface area contributed by atoms with Crippen LogP contribution in [0.3, 0.4) is 0 Å². The Kier molecular flexibility index (Phi) is 6.57. The van der Waals surface area contributed by atoms with E-state index >= 15 is 0 Å². The summed E-state index contributed by atoms with van der Waals surface area (Å²) in [6.45, 7) is 8.85. The highest BCUT2D eigenvalue weighted by Crippen LogP contribution is 2.18. The van der Waals surface area contributed by atoms with E-state index in [1.165, 1.54) is 6.42 Å². The normalized spacial score (nSPS) is 32.8. The summed E-state index contributed by atoms with van der Waals surface area (Å²) in [6, 6.07) is 0.311. The van der Waals surface area contributed by atoms with Gasteiger partial charge in [0.15, 0.2) is 0 Å². The monoisotopic (exact) mass is 289 g/mol. The van der Waals surface area contributed by atoms with Crippen LogP contribution in [0.4, 0.5) is 0 Å². The maximum atomic E-state index is 12.3. The second-order valence-electron chi connectivity index (χ2n) is 6.25. The molecule has 0 spiro atoms. The van der Waals surface area contributed by atoms with Gasteiger partial charge in [0.05, 0.1) is 6.54 Å². The first-order valence-electron chi connectivity index (χ1n) is 7.32. The minimum Gasteiger partial charge on any atom is -0.341 e. The zero-order chi connectivity index (χ0) is 13.1. The lowest BCUT2D eigenvalue weighted by Gasteiger charge is -2.37. The third-order valence-corrected chi connectivity index (χ3v) is 4.42. The Morgan fingerprint density at radius 2 is 1.95 bits per heavy atom. The summed E-state index contributed by atoms with van der Waals surface area (Å²) in [4.78, 5) is 16.6. The van der Waals surface area contributed by atoms with Gasteiger partial charge in [-0.1, -0.05) is 13.8 Å². The standard InChI is InChI=1S/C14H27N3O.ClH/c1-11-4-3-6-17(8-11)14(18)10-16-7-5-13(15)12(2)9-16;/h11-13H,3-10,15H2,1-2H3;1H. The number of hydrogen-bond donors (Lipinski definition) is 1. The molecule has 2 N–H and O–H groups in total. The van der Waals surface area contributed by atoms with Crippen LogP contribution in [-0.2, 0) is 4.79 Å². The molecule has 2 aliphatic rings. The average molecular weight is 290 g/mol. The highest BCUT2D eigenvalue weighted by molar-refractivity contribution is 5.85. The van der Waals surface area contributed by atoms with Gasteiger partial charge in [0.25, 0.3) is 0 Å². The first-order chi connectivity index (χ1) is 8.56. The summed E-state index contributed by atoms with van der Waals surface area (Å²) < 4.78 is 0. The van der Waals surface area contributed by atoms with Crippen molar-refractivity contribution in [3.8, 4) is 0 Å². The van der Waals surface area contributed by atoms with Crippen molar-refractivity contribution in [2.75, 3.05) is 32.7 Å². The van der Waals surface area contributed by atoms with E-state index in [1.54, 1.807) is 0 Å². The quantitative estimate of drug-likeness (QED) is 0.834. The van der Waals surface area contributed by atoms with E-state index in [-0.39, 0.29) is 12.4 Å². The lowest BCUT2D eigenvalue weighted by Crippen LogP contribution is -2.50. The molecule has 0 bridgehead atoms. The van der Waals surface area contributed by atoms with Crippen molar-refractivity contribution in [2.45, 2.75) is 39.2 Å². The Morgan fingerprint density at radius 3 is 2.58 bits per heavy atom. The number of carbonyl (C=O) groups excluding carboxylic acids is 1. The van der Waals surface area contributed by atoms with Crippen LogP contribution in [0, 0.1) is 11.8 Å². The van der Waals surface area contributed by atoms with Crippen molar-refractivity contribution >= 4 is 18.3 Å². The average Bonchev–Trinajstić information content (AvgIpc) is 2.34. The van der Waals surface area contributed by atoms with Gasteiger partial charge >= 0.3 is 0 Å². The molecule has 0 aromatic carbocycles. The summed E-state index contributed by atoms with van der Waals surface area (Å²) in [5, 5.41) is 0. The number of halogens is 1. The van der Waals surface area contributed by atoms with Gasteiger partial charge in [-0.15, -0.1) is 12.4 Å². The molecule has 0 radical (unpaired) electrons. The molecule has 4 nitrogen and oxygen atoms in total. The van der Waals surface area contributed by atoms with E-state index < -0.39 is 0 Å². The van der Waals surface area contributed by atoms with Crippen LogP contribution in [0.1, 0.15) is 33.1 Å². The first kappa shape index (κ1) is 16.7. The predicted octanol–water partition coefficient (Wildman–Crippen LogP) is 1.34. The molecule has 2 aliphatic heterocycles. The number of nitrogens with zero attached hydrogens (tertiary/aromatic N) is 2. The fourth-order valence-corrected chi connectivity index (χ4v) is 3.10. The minimum atomic E-state index is 0. The summed E-state index contributed by atoms with van der Waals surface area (Å²) in [5.41, 5.74) is 6.01. The zero-order valence-electron chi connectivity index (χ0n) is 12.2. The van der Waals surface area contributed by atoms with Crippen LogP contribution in [0.2, 0.25) is 0 Å². The van der Waals surface area contributed by atoms with Crippen LogP contribution in [0.15, 0.2) is 0 Å². The predicted molar refractivity (Wildman–Crippen MR) is 80.4 cm³/mol. The molecule has 0 aromatic heterocycles. The number of carbonyl (C=O) groups is 1. The van der Waals surface area contributed by atoms with Crippen molar-refractivity contribution < 1.29 is 4.79 Å². The Hall–Kier alpha value is -0.320. The Labute approximate surface area is 123 Å². The van der Waals surface area contributed by atoms with Crippen molar-refractivity contribution in [3.63, 3.8) is 0 Å². The van der Waals surface area contributed by atoms with E-state index in [0.29, 0.717) is 30.3 Å². The molecule has 2 rings (SSSR count). The summed E-state index contributed by atoms with van der Waals surface area (Å²) in [7, 11) is 0. The molecule has 5 heteroatoms. The molecule has 2 heterocycles. The third-order valence-electron chi connectivity index (χ3n) is 4.42. The Balaban J connectivity index is 0.00000180. The molecule has 3 unspecified atom stereocenters. The van der Waals surface area contributed by atoms with Gasteiger partial charge in [0.1, 0.15) is 0 Å². The third kappa shape index (κ3) is 4.62. The number of rotatable bonds is 2. The fraction of sp³-hybridized carbons (Fsp3) is 0.929. The van der Waals surface area contributed by atoms with E-state index in [1.807, 2.05) is 4.90 Å². The molecule has 19 heavy (non-hydrogen) atoms. The molecule has 0 saturated carbocycles. The highest BCUT2D eigenvalue weighted by Gasteiger charge is 2.27. The summed E-state index contributed by atoms with van der Waals surface area (Å²) in [6.07, 6.45) is 3.44. The minimum absolute atomic E-state index is 0. The van der Waals surface area contributed by atoms with E-state index in [9.17, 15) is 4.79 Å². The Bertz CT molecular complexity index is 300. The van der Waals surface area contributed by atoms with E-state index in [0.717, 1.165) is 39.0 Å². The second kappa shape index (κ2) is 7.46. The van der Waals surface area contributed by atoms with Crippen molar-refractivity contribution in [1.29, 1.82) is 0 Å². The van der Waals surface area contributed by atoms with Crippen molar-refractivity contribution in [1.82, 2.24) is 9.80 Å². The summed E-state index contributed by atoms with van der Waals surface area (Å²) in [5.74, 6) is 1.48. The molecular weight excluding hydrogens is 262 g/mol. The molecule has 1 amide bonds. The van der Waals surface area contributed by atoms with Crippen molar-refractivity contribution in [2.24, 2.45) is 17.6 Å². The van der Waals surface area contributed by atoms with Crippen LogP contribution in [-0.4, -0.2) is 54.5 Å². The molecule has 112 valence electrons. The van der Waals surface area contributed by atoms with Gasteiger partial charge in [-0.2, -0.15) is 0 Å². The lowest BCUT2D eigenvalue weighted by atomic mass is 9.95.